The van der Waals surface area contributed by atoms with E-state index in [4.69, 9.17) is 4.74 Å². The van der Waals surface area contributed by atoms with E-state index < -0.39 is 0 Å². The van der Waals surface area contributed by atoms with Gasteiger partial charge in [0.15, 0.2) is 5.78 Å². The first kappa shape index (κ1) is 22.1. The molecule has 0 saturated carbocycles. The number of hydrogen-bond donors (Lipinski definition) is 0. The highest BCUT2D eigenvalue weighted by atomic mass is 16.5. The van der Waals surface area contributed by atoms with Gasteiger partial charge in [0.1, 0.15) is 12.4 Å². The van der Waals surface area contributed by atoms with Gasteiger partial charge in [0, 0.05) is 30.0 Å². The Bertz CT molecular complexity index is 1260. The summed E-state index contributed by atoms with van der Waals surface area (Å²) in [6.45, 7) is 4.55. The molecule has 1 amide bonds. The lowest BCUT2D eigenvalue weighted by molar-refractivity contribution is -0.119. The van der Waals surface area contributed by atoms with E-state index in [9.17, 15) is 9.59 Å². The maximum absolute atomic E-state index is 13.5. The predicted molar refractivity (Wildman–Crippen MR) is 134 cm³/mol. The van der Waals surface area contributed by atoms with Gasteiger partial charge in [0.25, 0.3) is 0 Å². The van der Waals surface area contributed by atoms with Crippen LogP contribution in [0.15, 0.2) is 84.1 Å². The van der Waals surface area contributed by atoms with Crippen molar-refractivity contribution in [3.8, 4) is 5.75 Å². The second kappa shape index (κ2) is 9.30. The molecule has 1 aliphatic heterocycles. The third kappa shape index (κ3) is 4.28. The molecule has 0 fully saturated rings. The van der Waals surface area contributed by atoms with Crippen LogP contribution >= 0.6 is 0 Å². The molecule has 3 aromatic carbocycles. The summed E-state index contributed by atoms with van der Waals surface area (Å²) in [6, 6.07) is 24.1. The van der Waals surface area contributed by atoms with E-state index in [1.165, 1.54) is 0 Å². The number of amides is 1. The van der Waals surface area contributed by atoms with E-state index in [0.717, 1.165) is 57.8 Å². The van der Waals surface area contributed by atoms with Crippen LogP contribution in [-0.4, -0.2) is 11.7 Å². The van der Waals surface area contributed by atoms with Crippen molar-refractivity contribution in [1.82, 2.24) is 0 Å². The molecule has 172 valence electrons. The van der Waals surface area contributed by atoms with Gasteiger partial charge in [-0.2, -0.15) is 0 Å². The molecule has 4 nitrogen and oxygen atoms in total. The molecule has 0 radical (unpaired) electrons. The van der Waals surface area contributed by atoms with Gasteiger partial charge in [-0.1, -0.05) is 54.6 Å². The Morgan fingerprint density at radius 2 is 1.68 bits per heavy atom. The fraction of sp³-hybridized carbons (Fsp3) is 0.267. The summed E-state index contributed by atoms with van der Waals surface area (Å²) in [5.41, 5.74) is 6.84. The van der Waals surface area contributed by atoms with E-state index in [2.05, 4.69) is 12.1 Å². The molecule has 0 aromatic heterocycles. The normalized spacial score (nSPS) is 18.2. The lowest BCUT2D eigenvalue weighted by Gasteiger charge is -2.39. The van der Waals surface area contributed by atoms with Gasteiger partial charge in [0.05, 0.1) is 5.69 Å². The first-order chi connectivity index (χ1) is 16.5. The van der Waals surface area contributed by atoms with Gasteiger partial charge < -0.3 is 4.74 Å². The first-order valence-electron chi connectivity index (χ1n) is 11.9. The molecule has 1 aliphatic carbocycles. The van der Waals surface area contributed by atoms with Gasteiger partial charge in [0.2, 0.25) is 5.91 Å². The summed E-state index contributed by atoms with van der Waals surface area (Å²) < 4.78 is 5.93. The molecule has 3 aromatic rings. The molecular weight excluding hydrogens is 422 g/mol. The van der Waals surface area contributed by atoms with Crippen LogP contribution in [0.25, 0.3) is 0 Å². The predicted octanol–water partition coefficient (Wildman–Crippen LogP) is 6.41. The molecule has 0 saturated heterocycles. The van der Waals surface area contributed by atoms with Crippen molar-refractivity contribution in [2.24, 2.45) is 0 Å². The molecular formula is C30H29NO3. The smallest absolute Gasteiger partial charge is 0.232 e. The summed E-state index contributed by atoms with van der Waals surface area (Å²) >= 11 is 0. The molecule has 2 aliphatic rings. The summed E-state index contributed by atoms with van der Waals surface area (Å²) in [4.78, 5) is 28.5. The van der Waals surface area contributed by atoms with Crippen LogP contribution in [0.5, 0.6) is 5.75 Å². The van der Waals surface area contributed by atoms with Gasteiger partial charge in [-0.25, -0.2) is 0 Å². The van der Waals surface area contributed by atoms with Gasteiger partial charge in [-0.3, -0.25) is 14.5 Å². The minimum atomic E-state index is -0.208. The van der Waals surface area contributed by atoms with Crippen LogP contribution in [-0.2, 0) is 16.2 Å². The fourth-order valence-electron chi connectivity index (χ4n) is 5.05. The Balaban J connectivity index is 1.46. The monoisotopic (exact) mass is 451 g/mol. The average molecular weight is 452 g/mol. The van der Waals surface area contributed by atoms with Crippen LogP contribution in [0.1, 0.15) is 53.9 Å². The number of nitrogens with zero attached hydrogens (tertiary/aromatic N) is 1. The highest BCUT2D eigenvalue weighted by Gasteiger charge is 2.40. The summed E-state index contributed by atoms with van der Waals surface area (Å²) in [5, 5.41) is 0. The van der Waals surface area contributed by atoms with Gasteiger partial charge in [-0.15, -0.1) is 0 Å². The molecule has 1 atom stereocenters. The van der Waals surface area contributed by atoms with Crippen LogP contribution in [0.2, 0.25) is 0 Å². The molecule has 1 unspecified atom stereocenters. The van der Waals surface area contributed by atoms with Crippen molar-refractivity contribution in [2.45, 2.75) is 52.1 Å². The third-order valence-corrected chi connectivity index (χ3v) is 6.81. The van der Waals surface area contributed by atoms with Crippen LogP contribution in [0.4, 0.5) is 5.69 Å². The highest BCUT2D eigenvalue weighted by Crippen LogP contribution is 2.44. The van der Waals surface area contributed by atoms with Crippen LogP contribution < -0.4 is 9.64 Å². The second-order valence-corrected chi connectivity index (χ2v) is 9.26. The van der Waals surface area contributed by atoms with Gasteiger partial charge >= 0.3 is 0 Å². The number of ether oxygens (including phenoxy) is 1. The topological polar surface area (TPSA) is 46.6 Å². The van der Waals surface area contributed by atoms with Crippen molar-refractivity contribution in [2.75, 3.05) is 4.90 Å². The quantitative estimate of drug-likeness (QED) is 0.450. The Kier molecular flexibility index (Phi) is 6.06. The highest BCUT2D eigenvalue weighted by molar-refractivity contribution is 6.07. The number of anilines is 1. The number of rotatable bonds is 5. The zero-order valence-corrected chi connectivity index (χ0v) is 19.7. The Morgan fingerprint density at radius 1 is 0.912 bits per heavy atom. The molecule has 34 heavy (non-hydrogen) atoms. The molecule has 5 rings (SSSR count). The maximum atomic E-state index is 13.5. The fourth-order valence-corrected chi connectivity index (χ4v) is 5.05. The van der Waals surface area contributed by atoms with E-state index in [0.29, 0.717) is 19.4 Å². The number of allylic oxidation sites excluding steroid dienone is 2. The SMILES string of the molecule is Cc1ccc(C)c(N2C(=O)CC(c3ccc(OCc4ccccc4)cc3)C3=C2CCCC3=O)c1. The van der Waals surface area contributed by atoms with Crippen molar-refractivity contribution in [1.29, 1.82) is 0 Å². The summed E-state index contributed by atoms with van der Waals surface area (Å²) in [5.74, 6) is 0.783. The lowest BCUT2D eigenvalue weighted by atomic mass is 9.77. The zero-order chi connectivity index (χ0) is 23.7. The Hall–Kier alpha value is -3.66. The largest absolute Gasteiger partial charge is 0.489 e. The van der Waals surface area contributed by atoms with Crippen molar-refractivity contribution >= 4 is 17.4 Å². The van der Waals surface area contributed by atoms with E-state index in [-0.39, 0.29) is 17.6 Å². The van der Waals surface area contributed by atoms with Crippen LogP contribution in [0.3, 0.4) is 0 Å². The molecule has 4 heteroatoms. The Morgan fingerprint density at radius 3 is 2.44 bits per heavy atom. The standard InChI is InChI=1S/C30H29NO3/c1-20-11-12-21(2)27(17-20)31-26-9-6-10-28(32)30(26)25(18-29(31)33)23-13-15-24(16-14-23)34-19-22-7-4-3-5-8-22/h3-5,7-8,11-17,25H,6,9-10,18-19H2,1-2H3. The van der Waals surface area contributed by atoms with Gasteiger partial charge in [-0.05, 0) is 67.1 Å². The maximum Gasteiger partial charge on any atom is 0.232 e. The number of hydrogen-bond acceptors (Lipinski definition) is 3. The molecule has 0 bridgehead atoms. The van der Waals surface area contributed by atoms with E-state index >= 15 is 0 Å². The average Bonchev–Trinajstić information content (AvgIpc) is 2.85. The Labute approximate surface area is 200 Å². The number of ketones is 1. The molecule has 0 spiro atoms. The van der Waals surface area contributed by atoms with E-state index in [1.54, 1.807) is 0 Å². The summed E-state index contributed by atoms with van der Waals surface area (Å²) in [7, 11) is 0. The summed E-state index contributed by atoms with van der Waals surface area (Å²) in [6.07, 6.45) is 2.37. The van der Waals surface area contributed by atoms with Crippen molar-refractivity contribution in [3.05, 3.63) is 106 Å². The zero-order valence-electron chi connectivity index (χ0n) is 19.7. The minimum absolute atomic E-state index is 0.0524. The minimum Gasteiger partial charge on any atom is -0.489 e. The van der Waals surface area contributed by atoms with Crippen LogP contribution in [0, 0.1) is 13.8 Å². The molecule has 1 heterocycles. The number of Topliss-reactive ketones (excluding diaryl/α,β-unsaturated/α-hetero) is 1. The lowest BCUT2D eigenvalue weighted by Crippen LogP contribution is -2.40. The first-order valence-corrected chi connectivity index (χ1v) is 11.9. The molecule has 0 N–H and O–H groups in total. The number of benzene rings is 3. The number of carbonyl (C=O) groups is 2. The van der Waals surface area contributed by atoms with Crippen molar-refractivity contribution in [3.63, 3.8) is 0 Å². The second-order valence-electron chi connectivity index (χ2n) is 9.26. The van der Waals surface area contributed by atoms with Crippen molar-refractivity contribution < 1.29 is 14.3 Å². The number of carbonyl (C=O) groups excluding carboxylic acids is 2. The third-order valence-electron chi connectivity index (χ3n) is 6.81. The number of aryl methyl sites for hydroxylation is 2. The van der Waals surface area contributed by atoms with E-state index in [1.807, 2.05) is 79.4 Å².